The third-order valence-corrected chi connectivity index (χ3v) is 7.83. The van der Waals surface area contributed by atoms with Crippen molar-refractivity contribution in [3.8, 4) is 11.3 Å². The minimum atomic E-state index is -0.434. The summed E-state index contributed by atoms with van der Waals surface area (Å²) in [7, 11) is 0. The quantitative estimate of drug-likeness (QED) is 0.255. The lowest BCUT2D eigenvalue weighted by atomic mass is 9.90. The first-order valence-corrected chi connectivity index (χ1v) is 13.8. The number of carbonyl (C=O) groups excluding carboxylic acids is 2. The molecule has 1 aliphatic heterocycles. The van der Waals surface area contributed by atoms with E-state index < -0.39 is 5.92 Å². The SMILES string of the molecule is Cc1ccc(C(=O)N2CCc3cc(-c4csc(NC(=O)C(c5ccccc5)c5ccccc5)n4)ccc32)cc1. The van der Waals surface area contributed by atoms with Gasteiger partial charge in [0, 0.05) is 28.7 Å². The van der Waals surface area contributed by atoms with Crippen molar-refractivity contribution in [1.82, 2.24) is 4.98 Å². The zero-order valence-corrected chi connectivity index (χ0v) is 22.3. The predicted molar refractivity (Wildman–Crippen MR) is 157 cm³/mol. The van der Waals surface area contributed by atoms with Gasteiger partial charge in [-0.2, -0.15) is 0 Å². The van der Waals surface area contributed by atoms with Gasteiger partial charge in [-0.05, 0) is 54.3 Å². The Labute approximate surface area is 231 Å². The fourth-order valence-corrected chi connectivity index (χ4v) is 5.77. The maximum atomic E-state index is 13.5. The van der Waals surface area contributed by atoms with E-state index in [2.05, 4.69) is 11.4 Å². The second-order valence-corrected chi connectivity index (χ2v) is 10.6. The van der Waals surface area contributed by atoms with Crippen molar-refractivity contribution in [3.63, 3.8) is 0 Å². The van der Waals surface area contributed by atoms with E-state index in [1.54, 1.807) is 0 Å². The molecule has 2 amide bonds. The topological polar surface area (TPSA) is 62.3 Å². The zero-order valence-electron chi connectivity index (χ0n) is 21.5. The van der Waals surface area contributed by atoms with Crippen LogP contribution in [-0.2, 0) is 11.2 Å². The lowest BCUT2D eigenvalue weighted by Gasteiger charge is -2.17. The van der Waals surface area contributed by atoms with E-state index in [1.165, 1.54) is 11.3 Å². The summed E-state index contributed by atoms with van der Waals surface area (Å²) in [5.41, 5.74) is 7.54. The molecule has 0 bridgehead atoms. The molecule has 1 aliphatic rings. The molecule has 39 heavy (non-hydrogen) atoms. The molecular formula is C33H27N3O2S. The highest BCUT2D eigenvalue weighted by atomic mass is 32.1. The summed E-state index contributed by atoms with van der Waals surface area (Å²) in [6, 6.07) is 33.4. The van der Waals surface area contributed by atoms with E-state index >= 15 is 0 Å². The van der Waals surface area contributed by atoms with Gasteiger partial charge in [-0.15, -0.1) is 11.3 Å². The van der Waals surface area contributed by atoms with E-state index in [1.807, 2.05) is 114 Å². The molecule has 0 atom stereocenters. The molecule has 0 unspecified atom stereocenters. The summed E-state index contributed by atoms with van der Waals surface area (Å²) in [4.78, 5) is 33.2. The summed E-state index contributed by atoms with van der Waals surface area (Å²) in [5.74, 6) is -0.532. The number of thiazole rings is 1. The monoisotopic (exact) mass is 529 g/mol. The van der Waals surface area contributed by atoms with E-state index in [9.17, 15) is 9.59 Å². The molecule has 0 saturated carbocycles. The molecule has 0 aliphatic carbocycles. The van der Waals surface area contributed by atoms with Gasteiger partial charge >= 0.3 is 0 Å². The molecule has 0 saturated heterocycles. The van der Waals surface area contributed by atoms with Crippen molar-refractivity contribution >= 4 is 34.0 Å². The van der Waals surface area contributed by atoms with E-state index in [-0.39, 0.29) is 11.8 Å². The molecule has 4 aromatic carbocycles. The molecular weight excluding hydrogens is 502 g/mol. The summed E-state index contributed by atoms with van der Waals surface area (Å²) in [6.45, 7) is 2.67. The number of hydrogen-bond acceptors (Lipinski definition) is 4. The number of nitrogens with one attached hydrogen (secondary N) is 1. The maximum absolute atomic E-state index is 13.5. The highest BCUT2D eigenvalue weighted by Gasteiger charge is 2.27. The van der Waals surface area contributed by atoms with E-state index in [0.29, 0.717) is 17.2 Å². The predicted octanol–water partition coefficient (Wildman–Crippen LogP) is 7.09. The van der Waals surface area contributed by atoms with Crippen molar-refractivity contribution in [2.75, 3.05) is 16.8 Å². The fourth-order valence-electron chi connectivity index (χ4n) is 5.05. The van der Waals surface area contributed by atoms with Crippen LogP contribution in [0.4, 0.5) is 10.8 Å². The van der Waals surface area contributed by atoms with Crippen LogP contribution in [0.25, 0.3) is 11.3 Å². The Morgan fingerprint density at radius 3 is 2.21 bits per heavy atom. The number of amides is 2. The number of aromatic nitrogens is 1. The molecule has 192 valence electrons. The van der Waals surface area contributed by atoms with Gasteiger partial charge in [0.2, 0.25) is 5.91 Å². The van der Waals surface area contributed by atoms with Crippen molar-refractivity contribution in [2.24, 2.45) is 0 Å². The van der Waals surface area contributed by atoms with Crippen molar-refractivity contribution in [3.05, 3.63) is 136 Å². The van der Waals surface area contributed by atoms with Gasteiger partial charge in [-0.25, -0.2) is 4.98 Å². The first-order chi connectivity index (χ1) is 19.1. The van der Waals surface area contributed by atoms with Gasteiger partial charge in [0.05, 0.1) is 11.6 Å². The number of fused-ring (bicyclic) bond motifs is 1. The Balaban J connectivity index is 1.21. The number of nitrogens with zero attached hydrogens (tertiary/aromatic N) is 2. The lowest BCUT2D eigenvalue weighted by molar-refractivity contribution is -0.116. The number of hydrogen-bond donors (Lipinski definition) is 1. The zero-order chi connectivity index (χ0) is 26.8. The molecule has 5 nitrogen and oxygen atoms in total. The summed E-state index contributed by atoms with van der Waals surface area (Å²) in [6.07, 6.45) is 0.796. The Morgan fingerprint density at radius 2 is 1.54 bits per heavy atom. The second kappa shape index (κ2) is 10.7. The molecule has 0 radical (unpaired) electrons. The van der Waals surface area contributed by atoms with Crippen LogP contribution in [0.3, 0.4) is 0 Å². The average molecular weight is 530 g/mol. The highest BCUT2D eigenvalue weighted by molar-refractivity contribution is 7.14. The lowest BCUT2D eigenvalue weighted by Crippen LogP contribution is -2.28. The van der Waals surface area contributed by atoms with Gasteiger partial charge in [-0.1, -0.05) is 84.4 Å². The second-order valence-electron chi connectivity index (χ2n) is 9.70. The van der Waals surface area contributed by atoms with Crippen LogP contribution in [0.1, 0.15) is 38.5 Å². The van der Waals surface area contributed by atoms with Crippen LogP contribution in [0.15, 0.2) is 109 Å². The standard InChI is InChI=1S/C33H27N3O2S/c1-22-12-14-25(15-13-22)32(38)36-19-18-27-20-26(16-17-29(27)36)28-21-39-33(34-28)35-31(37)30(23-8-4-2-5-9-23)24-10-6-3-7-11-24/h2-17,20-21,30H,18-19H2,1H3,(H,34,35,37). The van der Waals surface area contributed by atoms with Crippen LogP contribution >= 0.6 is 11.3 Å². The van der Waals surface area contributed by atoms with Crippen LogP contribution in [0.2, 0.25) is 0 Å². The van der Waals surface area contributed by atoms with Crippen molar-refractivity contribution in [1.29, 1.82) is 0 Å². The average Bonchev–Trinajstić information content (AvgIpc) is 3.61. The van der Waals surface area contributed by atoms with Gasteiger partial charge < -0.3 is 10.2 Å². The Kier molecular flexibility index (Phi) is 6.78. The van der Waals surface area contributed by atoms with E-state index in [4.69, 9.17) is 4.98 Å². The van der Waals surface area contributed by atoms with Gasteiger partial charge in [0.1, 0.15) is 0 Å². The smallest absolute Gasteiger partial charge is 0.258 e. The molecule has 1 aromatic heterocycles. The van der Waals surface area contributed by atoms with Crippen LogP contribution < -0.4 is 10.2 Å². The summed E-state index contributed by atoms with van der Waals surface area (Å²) < 4.78 is 0. The number of anilines is 2. The molecule has 0 fully saturated rings. The number of rotatable bonds is 6. The van der Waals surface area contributed by atoms with Gasteiger partial charge in [-0.3, -0.25) is 9.59 Å². The van der Waals surface area contributed by atoms with Crippen LogP contribution in [0, 0.1) is 6.92 Å². The normalized spacial score (nSPS) is 12.4. The molecule has 6 rings (SSSR count). The van der Waals surface area contributed by atoms with Crippen LogP contribution in [0.5, 0.6) is 0 Å². The minimum absolute atomic E-state index is 0.0199. The molecule has 0 spiro atoms. The number of carbonyl (C=O) groups is 2. The largest absolute Gasteiger partial charge is 0.308 e. The summed E-state index contributed by atoms with van der Waals surface area (Å²) >= 11 is 1.41. The minimum Gasteiger partial charge on any atom is -0.308 e. The molecule has 2 heterocycles. The van der Waals surface area contributed by atoms with Crippen molar-refractivity contribution < 1.29 is 9.59 Å². The van der Waals surface area contributed by atoms with Gasteiger partial charge in [0.15, 0.2) is 5.13 Å². The van der Waals surface area contributed by atoms with Crippen molar-refractivity contribution in [2.45, 2.75) is 19.3 Å². The fraction of sp³-hybridized carbons (Fsp3) is 0.121. The first kappa shape index (κ1) is 24.8. The Morgan fingerprint density at radius 1 is 0.872 bits per heavy atom. The van der Waals surface area contributed by atoms with Gasteiger partial charge in [0.25, 0.3) is 5.91 Å². The Bertz CT molecular complexity index is 1590. The molecule has 1 N–H and O–H groups in total. The number of aryl methyl sites for hydroxylation is 1. The molecule has 6 heteroatoms. The van der Waals surface area contributed by atoms with E-state index in [0.717, 1.165) is 45.6 Å². The first-order valence-electron chi connectivity index (χ1n) is 12.9. The number of benzene rings is 4. The third kappa shape index (κ3) is 5.11. The van der Waals surface area contributed by atoms with Crippen LogP contribution in [-0.4, -0.2) is 23.3 Å². The maximum Gasteiger partial charge on any atom is 0.258 e. The highest BCUT2D eigenvalue weighted by Crippen LogP contribution is 2.35. The molecule has 5 aromatic rings. The third-order valence-electron chi connectivity index (χ3n) is 7.08. The Hall–Kier alpha value is -4.55. The summed E-state index contributed by atoms with van der Waals surface area (Å²) in [5, 5.41) is 5.56.